The summed E-state index contributed by atoms with van der Waals surface area (Å²) in [5.74, 6) is 0.574. The van der Waals surface area contributed by atoms with Gasteiger partial charge in [0.25, 0.3) is 5.91 Å². The van der Waals surface area contributed by atoms with Gasteiger partial charge in [-0.1, -0.05) is 0 Å². The van der Waals surface area contributed by atoms with Gasteiger partial charge >= 0.3 is 0 Å². The molecule has 0 radical (unpaired) electrons. The molecule has 0 bridgehead atoms. The number of benzene rings is 1. The first-order chi connectivity index (χ1) is 10.5. The van der Waals surface area contributed by atoms with Crippen LogP contribution in [0.25, 0.3) is 0 Å². The number of carbonyl (C=O) groups is 1. The van der Waals surface area contributed by atoms with E-state index in [9.17, 15) is 13.2 Å². The van der Waals surface area contributed by atoms with Crippen LogP contribution >= 0.6 is 0 Å². The Morgan fingerprint density at radius 2 is 1.91 bits per heavy atom. The smallest absolute Gasteiger partial charge is 0.251 e. The van der Waals surface area contributed by atoms with E-state index in [1.807, 2.05) is 6.07 Å². The highest BCUT2D eigenvalue weighted by Gasteiger charge is 2.14. The fourth-order valence-electron chi connectivity index (χ4n) is 1.94. The van der Waals surface area contributed by atoms with Crippen LogP contribution in [0.15, 0.2) is 52.0 Å². The lowest BCUT2D eigenvalue weighted by Crippen LogP contribution is -2.25. The van der Waals surface area contributed by atoms with Gasteiger partial charge in [-0.05, 0) is 42.8 Å². The van der Waals surface area contributed by atoms with Crippen molar-refractivity contribution in [2.24, 2.45) is 0 Å². The number of sulfonamides is 1. The molecule has 0 spiro atoms. The van der Waals surface area contributed by atoms with Gasteiger partial charge in [0.1, 0.15) is 5.76 Å². The quantitative estimate of drug-likeness (QED) is 0.757. The van der Waals surface area contributed by atoms with Crippen molar-refractivity contribution >= 4 is 15.9 Å². The topological polar surface area (TPSA) is 88.4 Å². The standard InChI is InChI=1S/C15H18N2O4S/c1-16-15(18)12-6-8-14(9-7-12)22(19,20)17-10-2-4-13-5-3-11-21-13/h3,5-9,11,17H,2,4,10H2,1H3,(H,16,18). The van der Waals surface area contributed by atoms with Crippen LogP contribution in [0.1, 0.15) is 22.5 Å². The molecule has 0 aliphatic carbocycles. The number of hydrogen-bond donors (Lipinski definition) is 2. The number of amides is 1. The molecule has 118 valence electrons. The van der Waals surface area contributed by atoms with Gasteiger partial charge < -0.3 is 9.73 Å². The zero-order chi connectivity index (χ0) is 16.0. The molecule has 1 aromatic carbocycles. The van der Waals surface area contributed by atoms with Crippen molar-refractivity contribution in [2.45, 2.75) is 17.7 Å². The molecule has 0 atom stereocenters. The van der Waals surface area contributed by atoms with E-state index in [4.69, 9.17) is 4.42 Å². The highest BCUT2D eigenvalue weighted by atomic mass is 32.2. The Morgan fingerprint density at radius 3 is 2.50 bits per heavy atom. The molecule has 2 N–H and O–H groups in total. The van der Waals surface area contributed by atoms with E-state index in [0.717, 1.165) is 5.76 Å². The lowest BCUT2D eigenvalue weighted by Gasteiger charge is -2.07. The first kappa shape index (κ1) is 16.3. The SMILES string of the molecule is CNC(=O)c1ccc(S(=O)(=O)NCCCc2ccco2)cc1. The average Bonchev–Trinajstić information content (AvgIpc) is 3.04. The van der Waals surface area contributed by atoms with E-state index in [2.05, 4.69) is 10.0 Å². The molecule has 0 aliphatic heterocycles. The summed E-state index contributed by atoms with van der Waals surface area (Å²) in [4.78, 5) is 11.5. The first-order valence-corrected chi connectivity index (χ1v) is 8.35. The van der Waals surface area contributed by atoms with E-state index in [-0.39, 0.29) is 10.8 Å². The number of rotatable bonds is 7. The minimum atomic E-state index is -3.56. The van der Waals surface area contributed by atoms with Crippen molar-refractivity contribution in [3.05, 3.63) is 54.0 Å². The molecule has 1 amide bonds. The van der Waals surface area contributed by atoms with Gasteiger partial charge in [-0.2, -0.15) is 0 Å². The molecule has 0 aliphatic rings. The molecule has 1 heterocycles. The summed E-state index contributed by atoms with van der Waals surface area (Å²) in [6.45, 7) is 0.320. The average molecular weight is 322 g/mol. The molecule has 1 aromatic heterocycles. The van der Waals surface area contributed by atoms with Crippen molar-refractivity contribution in [3.63, 3.8) is 0 Å². The lowest BCUT2D eigenvalue weighted by atomic mass is 10.2. The predicted octanol–water partition coefficient (Wildman–Crippen LogP) is 1.55. The van der Waals surface area contributed by atoms with Gasteiger partial charge in [-0.3, -0.25) is 4.79 Å². The van der Waals surface area contributed by atoms with Crippen LogP contribution in [-0.4, -0.2) is 27.9 Å². The fraction of sp³-hybridized carbons (Fsp3) is 0.267. The predicted molar refractivity (Wildman–Crippen MR) is 82.0 cm³/mol. The highest BCUT2D eigenvalue weighted by molar-refractivity contribution is 7.89. The van der Waals surface area contributed by atoms with Crippen molar-refractivity contribution in [1.29, 1.82) is 0 Å². The maximum absolute atomic E-state index is 12.1. The van der Waals surface area contributed by atoms with E-state index in [1.54, 1.807) is 12.3 Å². The number of hydrogen-bond acceptors (Lipinski definition) is 4. The monoisotopic (exact) mass is 322 g/mol. The second-order valence-electron chi connectivity index (χ2n) is 4.68. The zero-order valence-corrected chi connectivity index (χ0v) is 13.0. The lowest BCUT2D eigenvalue weighted by molar-refractivity contribution is 0.0963. The largest absolute Gasteiger partial charge is 0.469 e. The van der Waals surface area contributed by atoms with Crippen molar-refractivity contribution < 1.29 is 17.6 Å². The van der Waals surface area contributed by atoms with Gasteiger partial charge in [-0.15, -0.1) is 0 Å². The molecule has 0 saturated heterocycles. The zero-order valence-electron chi connectivity index (χ0n) is 12.2. The summed E-state index contributed by atoms with van der Waals surface area (Å²) in [6.07, 6.45) is 2.90. The van der Waals surface area contributed by atoms with E-state index in [1.165, 1.54) is 31.3 Å². The summed E-state index contributed by atoms with van der Waals surface area (Å²) >= 11 is 0. The molecular weight excluding hydrogens is 304 g/mol. The van der Waals surface area contributed by atoms with Gasteiger partial charge in [-0.25, -0.2) is 13.1 Å². The minimum absolute atomic E-state index is 0.137. The number of aryl methyl sites for hydroxylation is 1. The molecule has 2 rings (SSSR count). The third kappa shape index (κ3) is 4.19. The van der Waals surface area contributed by atoms with Gasteiger partial charge in [0.15, 0.2) is 0 Å². The number of furan rings is 1. The van der Waals surface area contributed by atoms with Crippen molar-refractivity contribution in [2.75, 3.05) is 13.6 Å². The van der Waals surface area contributed by atoms with Gasteiger partial charge in [0.05, 0.1) is 11.2 Å². The second-order valence-corrected chi connectivity index (χ2v) is 6.45. The summed E-state index contributed by atoms with van der Waals surface area (Å²) in [6, 6.07) is 9.45. The Balaban J connectivity index is 1.90. The molecule has 22 heavy (non-hydrogen) atoms. The van der Waals surface area contributed by atoms with Crippen molar-refractivity contribution in [1.82, 2.24) is 10.0 Å². The van der Waals surface area contributed by atoms with Crippen LogP contribution < -0.4 is 10.0 Å². The highest BCUT2D eigenvalue weighted by Crippen LogP contribution is 2.11. The van der Waals surface area contributed by atoms with E-state index < -0.39 is 10.0 Å². The number of carbonyl (C=O) groups excluding carboxylic acids is 1. The summed E-state index contributed by atoms with van der Waals surface area (Å²) in [5.41, 5.74) is 0.416. The molecular formula is C15H18N2O4S. The Labute approximate surface area is 129 Å². The fourth-order valence-corrected chi connectivity index (χ4v) is 3.01. The van der Waals surface area contributed by atoms with Gasteiger partial charge in [0, 0.05) is 25.6 Å². The second kappa shape index (κ2) is 7.24. The van der Waals surface area contributed by atoms with E-state index in [0.29, 0.717) is 24.9 Å². The first-order valence-electron chi connectivity index (χ1n) is 6.87. The summed E-state index contributed by atoms with van der Waals surface area (Å²) in [5, 5.41) is 2.48. The van der Waals surface area contributed by atoms with Crippen molar-refractivity contribution in [3.8, 4) is 0 Å². The summed E-state index contributed by atoms with van der Waals surface area (Å²) < 4.78 is 31.9. The molecule has 6 nitrogen and oxygen atoms in total. The Bertz CT molecular complexity index is 707. The van der Waals surface area contributed by atoms with E-state index >= 15 is 0 Å². The molecule has 2 aromatic rings. The molecule has 7 heteroatoms. The molecule has 0 saturated carbocycles. The van der Waals surface area contributed by atoms with Crippen LogP contribution in [0.4, 0.5) is 0 Å². The minimum Gasteiger partial charge on any atom is -0.469 e. The number of nitrogens with one attached hydrogen (secondary N) is 2. The van der Waals surface area contributed by atoms with Crippen LogP contribution in [0.5, 0.6) is 0 Å². The van der Waals surface area contributed by atoms with Crippen LogP contribution in [0, 0.1) is 0 Å². The van der Waals surface area contributed by atoms with Crippen LogP contribution in [0.2, 0.25) is 0 Å². The van der Waals surface area contributed by atoms with Crippen LogP contribution in [0.3, 0.4) is 0 Å². The molecule has 0 unspecified atom stereocenters. The maximum Gasteiger partial charge on any atom is 0.251 e. The normalized spacial score (nSPS) is 11.3. The third-order valence-electron chi connectivity index (χ3n) is 3.13. The third-order valence-corrected chi connectivity index (χ3v) is 4.60. The maximum atomic E-state index is 12.1. The van der Waals surface area contributed by atoms with Gasteiger partial charge in [0.2, 0.25) is 10.0 Å². The Morgan fingerprint density at radius 1 is 1.18 bits per heavy atom. The molecule has 0 fully saturated rings. The Hall–Kier alpha value is -2.12. The Kier molecular flexibility index (Phi) is 5.35. The summed E-state index contributed by atoms with van der Waals surface area (Å²) in [7, 11) is -2.04. The van der Waals surface area contributed by atoms with Crippen LogP contribution in [-0.2, 0) is 16.4 Å².